The van der Waals surface area contributed by atoms with Crippen LogP contribution >= 0.6 is 0 Å². The smallest absolute Gasteiger partial charge is 0.0598 e. The molecular weight excluding hydrogens is 210 g/mol. The normalized spacial score (nSPS) is 30.9. The van der Waals surface area contributed by atoms with E-state index >= 15 is 0 Å². The van der Waals surface area contributed by atoms with Crippen molar-refractivity contribution < 1.29 is 4.74 Å². The van der Waals surface area contributed by atoms with Crippen LogP contribution < -0.4 is 5.73 Å². The van der Waals surface area contributed by atoms with Crippen molar-refractivity contribution in [3.8, 4) is 0 Å². The lowest BCUT2D eigenvalue weighted by Gasteiger charge is -2.39. The van der Waals surface area contributed by atoms with Gasteiger partial charge in [-0.3, -0.25) is 0 Å². The van der Waals surface area contributed by atoms with Crippen LogP contribution in [0.15, 0.2) is 0 Å². The van der Waals surface area contributed by atoms with E-state index in [0.717, 1.165) is 24.9 Å². The number of hydrogen-bond donors (Lipinski definition) is 1. The first-order valence-electron chi connectivity index (χ1n) is 7.15. The van der Waals surface area contributed by atoms with Crippen molar-refractivity contribution in [1.29, 1.82) is 0 Å². The van der Waals surface area contributed by atoms with E-state index in [-0.39, 0.29) is 11.1 Å². The highest BCUT2D eigenvalue weighted by Crippen LogP contribution is 2.36. The molecule has 102 valence electrons. The molecule has 0 bridgehead atoms. The summed E-state index contributed by atoms with van der Waals surface area (Å²) in [7, 11) is 0. The maximum absolute atomic E-state index is 6.47. The van der Waals surface area contributed by atoms with Gasteiger partial charge in [0, 0.05) is 12.1 Å². The Kier molecular flexibility index (Phi) is 5.03. The van der Waals surface area contributed by atoms with E-state index in [0.29, 0.717) is 0 Å². The van der Waals surface area contributed by atoms with Gasteiger partial charge in [-0.15, -0.1) is 0 Å². The molecule has 0 saturated heterocycles. The van der Waals surface area contributed by atoms with Crippen molar-refractivity contribution in [2.75, 3.05) is 6.61 Å². The van der Waals surface area contributed by atoms with Gasteiger partial charge in [-0.25, -0.2) is 0 Å². The molecule has 0 radical (unpaired) electrons. The topological polar surface area (TPSA) is 35.2 Å². The van der Waals surface area contributed by atoms with E-state index in [1.807, 2.05) is 0 Å². The molecule has 0 aliphatic heterocycles. The predicted octanol–water partition coefficient (Wildman–Crippen LogP) is 3.74. The van der Waals surface area contributed by atoms with E-state index < -0.39 is 0 Å². The van der Waals surface area contributed by atoms with Crippen molar-refractivity contribution in [2.45, 2.75) is 77.9 Å². The van der Waals surface area contributed by atoms with Crippen LogP contribution in [-0.4, -0.2) is 17.7 Å². The molecule has 0 aromatic heterocycles. The Labute approximate surface area is 107 Å². The summed E-state index contributed by atoms with van der Waals surface area (Å²) in [6, 6.07) is 0. The van der Waals surface area contributed by atoms with E-state index in [2.05, 4.69) is 34.6 Å². The third-order valence-corrected chi connectivity index (χ3v) is 4.10. The minimum absolute atomic E-state index is 0.0362. The molecule has 0 aromatic rings. The summed E-state index contributed by atoms with van der Waals surface area (Å²) in [5.41, 5.74) is 6.47. The fourth-order valence-electron chi connectivity index (χ4n) is 2.69. The maximum Gasteiger partial charge on any atom is 0.0598 e. The lowest BCUT2D eigenvalue weighted by Crippen LogP contribution is -2.45. The molecular formula is C15H31NO. The lowest BCUT2D eigenvalue weighted by molar-refractivity contribution is -0.0150. The molecule has 2 N–H and O–H groups in total. The van der Waals surface area contributed by atoms with Crippen molar-refractivity contribution in [1.82, 2.24) is 0 Å². The summed E-state index contributed by atoms with van der Waals surface area (Å²) in [4.78, 5) is 0. The van der Waals surface area contributed by atoms with Gasteiger partial charge in [0.2, 0.25) is 0 Å². The largest absolute Gasteiger partial charge is 0.376 e. The zero-order valence-corrected chi connectivity index (χ0v) is 12.4. The third-order valence-electron chi connectivity index (χ3n) is 4.10. The molecule has 1 aliphatic rings. The SMILES string of the molecule is CC(C)C1CCC(N)(CCOC(C)(C)C)CC1. The van der Waals surface area contributed by atoms with Crippen molar-refractivity contribution in [2.24, 2.45) is 17.6 Å². The van der Waals surface area contributed by atoms with Crippen molar-refractivity contribution in [3.05, 3.63) is 0 Å². The van der Waals surface area contributed by atoms with E-state index in [1.165, 1.54) is 25.7 Å². The second-order valence-corrected chi connectivity index (χ2v) is 7.15. The van der Waals surface area contributed by atoms with Gasteiger partial charge in [-0.05, 0) is 64.7 Å². The maximum atomic E-state index is 6.47. The van der Waals surface area contributed by atoms with Crippen LogP contribution in [0.25, 0.3) is 0 Å². The van der Waals surface area contributed by atoms with Crippen molar-refractivity contribution >= 4 is 0 Å². The van der Waals surface area contributed by atoms with Crippen LogP contribution in [0.3, 0.4) is 0 Å². The molecule has 1 saturated carbocycles. The monoisotopic (exact) mass is 241 g/mol. The van der Waals surface area contributed by atoms with E-state index in [1.54, 1.807) is 0 Å². The van der Waals surface area contributed by atoms with E-state index in [9.17, 15) is 0 Å². The Balaban J connectivity index is 2.30. The molecule has 0 heterocycles. The molecule has 1 fully saturated rings. The summed E-state index contributed by atoms with van der Waals surface area (Å²) < 4.78 is 5.79. The lowest BCUT2D eigenvalue weighted by atomic mass is 9.72. The highest BCUT2D eigenvalue weighted by atomic mass is 16.5. The first-order chi connectivity index (χ1) is 7.72. The fraction of sp³-hybridized carbons (Fsp3) is 1.00. The first-order valence-corrected chi connectivity index (χ1v) is 7.15. The summed E-state index contributed by atoms with van der Waals surface area (Å²) in [6.07, 6.45) is 5.94. The van der Waals surface area contributed by atoms with Crippen LogP contribution in [0, 0.1) is 11.8 Å². The third kappa shape index (κ3) is 5.39. The summed E-state index contributed by atoms with van der Waals surface area (Å²) >= 11 is 0. The zero-order chi connectivity index (χ0) is 13.1. The van der Waals surface area contributed by atoms with Crippen LogP contribution in [-0.2, 0) is 4.74 Å². The highest BCUT2D eigenvalue weighted by molar-refractivity contribution is 4.90. The Morgan fingerprint density at radius 1 is 1.24 bits per heavy atom. The summed E-state index contributed by atoms with van der Waals surface area (Å²) in [5.74, 6) is 1.69. The van der Waals surface area contributed by atoms with Crippen LogP contribution in [0.1, 0.15) is 66.7 Å². The molecule has 0 spiro atoms. The average molecular weight is 241 g/mol. The minimum Gasteiger partial charge on any atom is -0.376 e. The van der Waals surface area contributed by atoms with Gasteiger partial charge in [0.1, 0.15) is 0 Å². The van der Waals surface area contributed by atoms with Gasteiger partial charge in [-0.1, -0.05) is 13.8 Å². The highest BCUT2D eigenvalue weighted by Gasteiger charge is 2.32. The number of rotatable bonds is 4. The predicted molar refractivity (Wildman–Crippen MR) is 74.0 cm³/mol. The zero-order valence-electron chi connectivity index (χ0n) is 12.4. The standard InChI is InChI=1S/C15H31NO/c1-12(2)13-6-8-15(16,9-7-13)10-11-17-14(3,4)5/h12-13H,6-11,16H2,1-5H3. The number of ether oxygens (including phenoxy) is 1. The van der Waals surface area contributed by atoms with Gasteiger partial charge in [0.25, 0.3) is 0 Å². The quantitative estimate of drug-likeness (QED) is 0.814. The first kappa shape index (κ1) is 15.0. The average Bonchev–Trinajstić information content (AvgIpc) is 2.15. The summed E-state index contributed by atoms with van der Waals surface area (Å²) in [5, 5.41) is 0. The molecule has 1 aliphatic carbocycles. The number of hydrogen-bond acceptors (Lipinski definition) is 2. The Bertz CT molecular complexity index is 222. The van der Waals surface area contributed by atoms with Gasteiger partial charge >= 0.3 is 0 Å². The molecule has 2 nitrogen and oxygen atoms in total. The van der Waals surface area contributed by atoms with Crippen LogP contribution in [0.5, 0.6) is 0 Å². The molecule has 17 heavy (non-hydrogen) atoms. The van der Waals surface area contributed by atoms with Crippen LogP contribution in [0.2, 0.25) is 0 Å². The molecule has 0 amide bonds. The van der Waals surface area contributed by atoms with Gasteiger partial charge < -0.3 is 10.5 Å². The van der Waals surface area contributed by atoms with Gasteiger partial charge in [0.05, 0.1) is 5.60 Å². The Morgan fingerprint density at radius 2 is 1.76 bits per heavy atom. The molecule has 0 aromatic carbocycles. The second-order valence-electron chi connectivity index (χ2n) is 7.15. The minimum atomic E-state index is -0.0362. The van der Waals surface area contributed by atoms with Crippen molar-refractivity contribution in [3.63, 3.8) is 0 Å². The van der Waals surface area contributed by atoms with Crippen LogP contribution in [0.4, 0.5) is 0 Å². The summed E-state index contributed by atoms with van der Waals surface area (Å²) in [6.45, 7) is 11.8. The fourth-order valence-corrected chi connectivity index (χ4v) is 2.69. The van der Waals surface area contributed by atoms with Gasteiger partial charge in [-0.2, -0.15) is 0 Å². The van der Waals surface area contributed by atoms with E-state index in [4.69, 9.17) is 10.5 Å². The Morgan fingerprint density at radius 3 is 2.18 bits per heavy atom. The van der Waals surface area contributed by atoms with Gasteiger partial charge in [0.15, 0.2) is 0 Å². The molecule has 0 atom stereocenters. The molecule has 1 rings (SSSR count). The number of nitrogens with two attached hydrogens (primary N) is 1. The molecule has 2 heteroatoms. The Hall–Kier alpha value is -0.0800. The molecule has 0 unspecified atom stereocenters. The second kappa shape index (κ2) is 5.71.